The van der Waals surface area contributed by atoms with Crippen molar-refractivity contribution in [3.8, 4) is 5.69 Å². The van der Waals surface area contributed by atoms with Crippen LogP contribution in [0.1, 0.15) is 36.8 Å². The summed E-state index contributed by atoms with van der Waals surface area (Å²) in [5.74, 6) is 0.815. The highest BCUT2D eigenvalue weighted by Crippen LogP contribution is 2.22. The summed E-state index contributed by atoms with van der Waals surface area (Å²) in [6, 6.07) is 6.33. The number of tetrazole rings is 1. The first-order valence-corrected chi connectivity index (χ1v) is 7.28. The second-order valence-electron chi connectivity index (χ2n) is 5.05. The lowest BCUT2D eigenvalue weighted by atomic mass is 10.1. The maximum atomic E-state index is 5.06. The van der Waals surface area contributed by atoms with Gasteiger partial charge in [-0.3, -0.25) is 0 Å². The Labute approximate surface area is 125 Å². The number of aryl methyl sites for hydroxylation is 2. The summed E-state index contributed by atoms with van der Waals surface area (Å²) in [6.45, 7) is 7.71. The molecule has 0 bridgehead atoms. The highest BCUT2D eigenvalue weighted by Gasteiger charge is 2.18. The third-order valence-electron chi connectivity index (χ3n) is 3.55. The Morgan fingerprint density at radius 3 is 2.90 bits per heavy atom. The van der Waals surface area contributed by atoms with E-state index in [0.29, 0.717) is 6.61 Å². The molecule has 0 aliphatic heterocycles. The molecule has 1 unspecified atom stereocenters. The van der Waals surface area contributed by atoms with Crippen LogP contribution in [0.2, 0.25) is 0 Å². The Hall–Kier alpha value is -1.79. The molecule has 0 saturated heterocycles. The van der Waals surface area contributed by atoms with E-state index in [2.05, 4.69) is 59.8 Å². The van der Waals surface area contributed by atoms with Crippen molar-refractivity contribution in [2.75, 3.05) is 20.3 Å². The summed E-state index contributed by atoms with van der Waals surface area (Å²) in [6.07, 6.45) is 0.946. The molecule has 1 atom stereocenters. The molecule has 6 heteroatoms. The van der Waals surface area contributed by atoms with Gasteiger partial charge in [-0.05, 0) is 41.8 Å². The van der Waals surface area contributed by atoms with Gasteiger partial charge >= 0.3 is 0 Å². The fourth-order valence-electron chi connectivity index (χ4n) is 2.40. The van der Waals surface area contributed by atoms with Gasteiger partial charge in [0.1, 0.15) is 0 Å². The van der Waals surface area contributed by atoms with Crippen molar-refractivity contribution in [3.05, 3.63) is 35.2 Å². The average Bonchev–Trinajstić information content (AvgIpc) is 2.96. The second kappa shape index (κ2) is 7.28. The molecule has 21 heavy (non-hydrogen) atoms. The zero-order chi connectivity index (χ0) is 15.2. The van der Waals surface area contributed by atoms with Crippen molar-refractivity contribution in [3.63, 3.8) is 0 Å². The van der Waals surface area contributed by atoms with E-state index in [9.17, 15) is 0 Å². The molecule has 2 aromatic rings. The SMILES string of the molecule is CCc1cccc(C)c1-n1nnnc1C(C)NCCOC. The van der Waals surface area contributed by atoms with E-state index in [1.54, 1.807) is 7.11 Å². The summed E-state index contributed by atoms with van der Waals surface area (Å²) in [4.78, 5) is 0. The van der Waals surface area contributed by atoms with Crippen LogP contribution in [0.5, 0.6) is 0 Å². The zero-order valence-electron chi connectivity index (χ0n) is 13.1. The summed E-state index contributed by atoms with van der Waals surface area (Å²) in [5, 5.41) is 15.6. The van der Waals surface area contributed by atoms with Crippen molar-refractivity contribution >= 4 is 0 Å². The first-order chi connectivity index (χ1) is 10.2. The van der Waals surface area contributed by atoms with E-state index in [1.165, 1.54) is 11.1 Å². The average molecular weight is 289 g/mol. The van der Waals surface area contributed by atoms with Gasteiger partial charge in [0.05, 0.1) is 18.3 Å². The standard InChI is InChI=1S/C15H23N5O/c1-5-13-8-6-7-11(2)14(13)20-15(17-18-19-20)12(3)16-9-10-21-4/h6-8,12,16H,5,9-10H2,1-4H3. The number of nitrogens with one attached hydrogen (secondary N) is 1. The number of nitrogens with zero attached hydrogens (tertiary/aromatic N) is 4. The minimum atomic E-state index is 0.0551. The Morgan fingerprint density at radius 1 is 1.38 bits per heavy atom. The van der Waals surface area contributed by atoms with E-state index in [0.717, 1.165) is 24.5 Å². The van der Waals surface area contributed by atoms with Gasteiger partial charge in [-0.2, -0.15) is 4.68 Å². The number of para-hydroxylation sites is 1. The predicted molar refractivity (Wildman–Crippen MR) is 81.6 cm³/mol. The molecule has 0 fully saturated rings. The van der Waals surface area contributed by atoms with Gasteiger partial charge in [-0.15, -0.1) is 5.10 Å². The number of aromatic nitrogens is 4. The number of ether oxygens (including phenoxy) is 1. The van der Waals surface area contributed by atoms with Gasteiger partial charge in [0, 0.05) is 13.7 Å². The van der Waals surface area contributed by atoms with E-state index in [-0.39, 0.29) is 6.04 Å². The van der Waals surface area contributed by atoms with Crippen molar-refractivity contribution < 1.29 is 4.74 Å². The van der Waals surface area contributed by atoms with Crippen LogP contribution in [-0.2, 0) is 11.2 Å². The van der Waals surface area contributed by atoms with E-state index < -0.39 is 0 Å². The molecular formula is C15H23N5O. The van der Waals surface area contributed by atoms with Gasteiger partial charge in [0.25, 0.3) is 0 Å². The van der Waals surface area contributed by atoms with Gasteiger partial charge in [0.15, 0.2) is 5.82 Å². The molecule has 0 saturated carbocycles. The van der Waals surface area contributed by atoms with Gasteiger partial charge < -0.3 is 10.1 Å². The number of hydrogen-bond acceptors (Lipinski definition) is 5. The minimum absolute atomic E-state index is 0.0551. The molecule has 1 aromatic heterocycles. The van der Waals surface area contributed by atoms with Gasteiger partial charge in [0.2, 0.25) is 0 Å². The van der Waals surface area contributed by atoms with Crippen LogP contribution in [0.25, 0.3) is 5.69 Å². The van der Waals surface area contributed by atoms with Crippen molar-refractivity contribution in [1.82, 2.24) is 25.5 Å². The van der Waals surface area contributed by atoms with Crippen LogP contribution in [0.15, 0.2) is 18.2 Å². The Balaban J connectivity index is 2.32. The van der Waals surface area contributed by atoms with Crippen LogP contribution in [-0.4, -0.2) is 40.5 Å². The van der Waals surface area contributed by atoms with E-state index >= 15 is 0 Å². The van der Waals surface area contributed by atoms with Crippen LogP contribution in [0.4, 0.5) is 0 Å². The minimum Gasteiger partial charge on any atom is -0.383 e. The lowest BCUT2D eigenvalue weighted by Gasteiger charge is -2.16. The summed E-state index contributed by atoms with van der Waals surface area (Å²) >= 11 is 0. The smallest absolute Gasteiger partial charge is 0.173 e. The molecular weight excluding hydrogens is 266 g/mol. The van der Waals surface area contributed by atoms with Gasteiger partial charge in [-0.1, -0.05) is 25.1 Å². The van der Waals surface area contributed by atoms with E-state index in [4.69, 9.17) is 4.74 Å². The molecule has 1 heterocycles. The quantitative estimate of drug-likeness (QED) is 0.788. The first-order valence-electron chi connectivity index (χ1n) is 7.28. The molecule has 0 aliphatic rings. The third kappa shape index (κ3) is 3.46. The fraction of sp³-hybridized carbons (Fsp3) is 0.533. The molecule has 0 radical (unpaired) electrons. The lowest BCUT2D eigenvalue weighted by Crippen LogP contribution is -2.25. The molecule has 2 rings (SSSR count). The monoisotopic (exact) mass is 289 g/mol. The largest absolute Gasteiger partial charge is 0.383 e. The Morgan fingerprint density at radius 2 is 2.19 bits per heavy atom. The molecule has 6 nitrogen and oxygen atoms in total. The topological polar surface area (TPSA) is 64.9 Å². The summed E-state index contributed by atoms with van der Waals surface area (Å²) in [7, 11) is 1.69. The first kappa shape index (κ1) is 15.6. The Kier molecular flexibility index (Phi) is 5.41. The highest BCUT2D eigenvalue weighted by molar-refractivity contribution is 5.47. The molecule has 0 amide bonds. The second-order valence-corrected chi connectivity index (χ2v) is 5.05. The van der Waals surface area contributed by atoms with Crippen molar-refractivity contribution in [2.24, 2.45) is 0 Å². The summed E-state index contributed by atoms with van der Waals surface area (Å²) < 4.78 is 6.90. The van der Waals surface area contributed by atoms with E-state index in [1.807, 2.05) is 4.68 Å². The van der Waals surface area contributed by atoms with Crippen LogP contribution in [0.3, 0.4) is 0 Å². The van der Waals surface area contributed by atoms with Crippen LogP contribution >= 0.6 is 0 Å². The number of rotatable bonds is 7. The number of methoxy groups -OCH3 is 1. The lowest BCUT2D eigenvalue weighted by molar-refractivity contribution is 0.196. The predicted octanol–water partition coefficient (Wildman–Crippen LogP) is 1.83. The van der Waals surface area contributed by atoms with Crippen LogP contribution < -0.4 is 5.32 Å². The fourth-order valence-corrected chi connectivity index (χ4v) is 2.40. The van der Waals surface area contributed by atoms with Crippen molar-refractivity contribution in [1.29, 1.82) is 0 Å². The highest BCUT2D eigenvalue weighted by atomic mass is 16.5. The molecule has 0 spiro atoms. The van der Waals surface area contributed by atoms with Crippen LogP contribution in [0, 0.1) is 6.92 Å². The third-order valence-corrected chi connectivity index (χ3v) is 3.55. The molecule has 0 aliphatic carbocycles. The zero-order valence-corrected chi connectivity index (χ0v) is 13.1. The normalized spacial score (nSPS) is 12.6. The number of hydrogen-bond donors (Lipinski definition) is 1. The van der Waals surface area contributed by atoms with Crippen molar-refractivity contribution in [2.45, 2.75) is 33.2 Å². The maximum absolute atomic E-state index is 5.06. The number of benzene rings is 1. The maximum Gasteiger partial charge on any atom is 0.173 e. The van der Waals surface area contributed by atoms with Gasteiger partial charge in [-0.25, -0.2) is 0 Å². The summed E-state index contributed by atoms with van der Waals surface area (Å²) in [5.41, 5.74) is 3.50. The molecule has 114 valence electrons. The molecule has 1 aromatic carbocycles. The molecule has 1 N–H and O–H groups in total. The Bertz CT molecular complexity index is 581.